The summed E-state index contributed by atoms with van der Waals surface area (Å²) in [7, 11) is -1.38. The molecule has 2 aliphatic rings. The van der Waals surface area contributed by atoms with Gasteiger partial charge < -0.3 is 9.64 Å². The van der Waals surface area contributed by atoms with Gasteiger partial charge >= 0.3 is 0 Å². The lowest BCUT2D eigenvalue weighted by Gasteiger charge is -2.28. The summed E-state index contributed by atoms with van der Waals surface area (Å²) in [5, 5.41) is 0.910. The Hall–Kier alpha value is -1.99. The third-order valence-electron chi connectivity index (χ3n) is 5.25. The van der Waals surface area contributed by atoms with Crippen molar-refractivity contribution in [3.63, 3.8) is 0 Å². The van der Waals surface area contributed by atoms with E-state index in [9.17, 15) is 8.42 Å². The number of amidine groups is 1. The van der Waals surface area contributed by atoms with Gasteiger partial charge in [0, 0.05) is 11.4 Å². The molecule has 0 bridgehead atoms. The Morgan fingerprint density at radius 3 is 2.57 bits per heavy atom. The summed E-state index contributed by atoms with van der Waals surface area (Å²) < 4.78 is 29.6. The van der Waals surface area contributed by atoms with Crippen LogP contribution in [0.1, 0.15) is 16.7 Å². The molecule has 0 amide bonds. The highest BCUT2D eigenvalue weighted by molar-refractivity contribution is 8.13. The average Bonchev–Trinajstić information content (AvgIpc) is 3.12. The highest BCUT2D eigenvalue weighted by atomic mass is 32.2. The van der Waals surface area contributed by atoms with Gasteiger partial charge in [0.05, 0.1) is 30.7 Å². The van der Waals surface area contributed by atoms with Gasteiger partial charge in [0.25, 0.3) is 0 Å². The molecule has 0 aromatic heterocycles. The first kappa shape index (κ1) is 19.3. The minimum atomic E-state index is -3.04. The number of nitrogens with zero attached hydrogens (tertiary/aromatic N) is 2. The quantitative estimate of drug-likeness (QED) is 0.762. The van der Waals surface area contributed by atoms with Crippen molar-refractivity contribution in [1.82, 2.24) is 0 Å². The number of methoxy groups -OCH3 is 1. The normalized spacial score (nSPS) is 22.8. The van der Waals surface area contributed by atoms with Crippen molar-refractivity contribution in [2.24, 2.45) is 4.99 Å². The number of aliphatic imine (C=N–C) groups is 1. The largest absolute Gasteiger partial charge is 0.497 e. The number of aryl methyl sites for hydroxylation is 2. The zero-order valence-electron chi connectivity index (χ0n) is 16.3. The molecular formula is C21H24N2O3S2. The zero-order chi connectivity index (χ0) is 19.9. The van der Waals surface area contributed by atoms with Crippen LogP contribution in [0, 0.1) is 13.8 Å². The molecule has 1 saturated heterocycles. The number of anilines is 1. The van der Waals surface area contributed by atoms with Crippen LogP contribution in [0.2, 0.25) is 0 Å². The van der Waals surface area contributed by atoms with Gasteiger partial charge in [0.1, 0.15) is 5.75 Å². The van der Waals surface area contributed by atoms with Crippen LogP contribution in [0.15, 0.2) is 47.5 Å². The first-order valence-corrected chi connectivity index (χ1v) is 12.1. The highest BCUT2D eigenvalue weighted by Crippen LogP contribution is 2.37. The van der Waals surface area contributed by atoms with Crippen molar-refractivity contribution < 1.29 is 13.2 Å². The van der Waals surface area contributed by atoms with E-state index in [1.807, 2.05) is 24.3 Å². The van der Waals surface area contributed by atoms with Crippen molar-refractivity contribution in [1.29, 1.82) is 0 Å². The molecule has 0 unspecified atom stereocenters. The average molecular weight is 417 g/mol. The molecule has 28 heavy (non-hydrogen) atoms. The molecule has 0 saturated carbocycles. The number of hydrogen-bond acceptors (Lipinski definition) is 6. The van der Waals surface area contributed by atoms with Gasteiger partial charge in [-0.25, -0.2) is 8.42 Å². The highest BCUT2D eigenvalue weighted by Gasteiger charge is 2.47. The first-order chi connectivity index (χ1) is 13.4. The standard InChI is InChI=1S/C21H24N2O3S2/c1-14-4-9-19(15(2)10-14)23-20-13-28(24,25)12-18(20)22-21(23)27-11-16-5-7-17(26-3)8-6-16/h4-10,18,20H,11-13H2,1-3H3/t18-,20+/m1/s1. The third-order valence-corrected chi connectivity index (χ3v) is 7.98. The Bertz CT molecular complexity index is 1020. The van der Waals surface area contributed by atoms with Gasteiger partial charge in [-0.15, -0.1) is 0 Å². The van der Waals surface area contributed by atoms with Crippen molar-refractivity contribution in [2.75, 3.05) is 23.5 Å². The van der Waals surface area contributed by atoms with Gasteiger partial charge in [-0.1, -0.05) is 41.6 Å². The van der Waals surface area contributed by atoms with Gasteiger partial charge in [-0.2, -0.15) is 0 Å². The van der Waals surface area contributed by atoms with E-state index in [2.05, 4.69) is 36.9 Å². The number of sulfone groups is 1. The number of fused-ring (bicyclic) bond motifs is 1. The van der Waals surface area contributed by atoms with Crippen LogP contribution in [0.5, 0.6) is 5.75 Å². The maximum absolute atomic E-state index is 12.2. The molecule has 2 aromatic carbocycles. The van der Waals surface area contributed by atoms with Crippen LogP contribution in [-0.4, -0.2) is 44.3 Å². The third kappa shape index (κ3) is 3.78. The van der Waals surface area contributed by atoms with Crippen molar-refractivity contribution in [3.8, 4) is 5.75 Å². The Labute approximate surface area is 170 Å². The summed E-state index contributed by atoms with van der Waals surface area (Å²) in [5.41, 5.74) is 4.57. The maximum Gasteiger partial charge on any atom is 0.164 e. The van der Waals surface area contributed by atoms with E-state index in [4.69, 9.17) is 9.73 Å². The fourth-order valence-corrected chi connectivity index (χ4v) is 6.78. The van der Waals surface area contributed by atoms with Crippen LogP contribution >= 0.6 is 11.8 Å². The smallest absolute Gasteiger partial charge is 0.164 e. The molecule has 0 N–H and O–H groups in total. The summed E-state index contributed by atoms with van der Waals surface area (Å²) in [6.45, 7) is 4.14. The van der Waals surface area contributed by atoms with Gasteiger partial charge in [-0.05, 0) is 43.2 Å². The Kier molecular flexibility index (Phi) is 5.14. The first-order valence-electron chi connectivity index (χ1n) is 9.27. The minimum absolute atomic E-state index is 0.107. The second-order valence-electron chi connectivity index (χ2n) is 7.42. The summed E-state index contributed by atoms with van der Waals surface area (Å²) in [6, 6.07) is 14.0. The zero-order valence-corrected chi connectivity index (χ0v) is 17.9. The van der Waals surface area contributed by atoms with E-state index in [1.54, 1.807) is 18.9 Å². The lowest BCUT2D eigenvalue weighted by molar-refractivity contribution is 0.414. The lowest BCUT2D eigenvalue weighted by atomic mass is 10.1. The Morgan fingerprint density at radius 2 is 1.89 bits per heavy atom. The van der Waals surface area contributed by atoms with Crippen LogP contribution in [0.3, 0.4) is 0 Å². The number of benzene rings is 2. The van der Waals surface area contributed by atoms with Crippen LogP contribution in [0.4, 0.5) is 5.69 Å². The molecule has 7 heteroatoms. The fraction of sp³-hybridized carbons (Fsp3) is 0.381. The molecule has 0 spiro atoms. The molecule has 2 atom stereocenters. The Morgan fingerprint density at radius 1 is 1.14 bits per heavy atom. The topological polar surface area (TPSA) is 59.0 Å². The van der Waals surface area contributed by atoms with E-state index >= 15 is 0 Å². The minimum Gasteiger partial charge on any atom is -0.497 e. The summed E-state index contributed by atoms with van der Waals surface area (Å²) >= 11 is 1.66. The Balaban J connectivity index is 1.61. The van der Waals surface area contributed by atoms with E-state index in [1.165, 1.54) is 11.1 Å². The molecule has 148 valence electrons. The molecule has 1 fully saturated rings. The summed E-state index contributed by atoms with van der Waals surface area (Å²) in [4.78, 5) is 6.97. The number of ether oxygens (including phenoxy) is 1. The van der Waals surface area contributed by atoms with Gasteiger partial charge in [0.15, 0.2) is 15.0 Å². The van der Waals surface area contributed by atoms with Gasteiger partial charge in [-0.3, -0.25) is 4.99 Å². The molecule has 0 aliphatic carbocycles. The fourth-order valence-electron chi connectivity index (χ4n) is 3.86. The van der Waals surface area contributed by atoms with Gasteiger partial charge in [0.2, 0.25) is 0 Å². The summed E-state index contributed by atoms with van der Waals surface area (Å²) in [6.07, 6.45) is 0. The second-order valence-corrected chi connectivity index (χ2v) is 10.5. The van der Waals surface area contributed by atoms with E-state index in [-0.39, 0.29) is 23.6 Å². The lowest BCUT2D eigenvalue weighted by Crippen LogP contribution is -2.39. The SMILES string of the molecule is COc1ccc(CSC2=N[C@@H]3CS(=O)(=O)C[C@@H]3N2c2ccc(C)cc2C)cc1. The van der Waals surface area contributed by atoms with E-state index in [0.29, 0.717) is 0 Å². The predicted molar refractivity (Wildman–Crippen MR) is 116 cm³/mol. The number of thioether (sulfide) groups is 1. The van der Waals surface area contributed by atoms with Crippen LogP contribution in [-0.2, 0) is 15.6 Å². The van der Waals surface area contributed by atoms with E-state index < -0.39 is 9.84 Å². The van der Waals surface area contributed by atoms with Crippen LogP contribution in [0.25, 0.3) is 0 Å². The molecule has 2 aromatic rings. The van der Waals surface area contributed by atoms with Crippen molar-refractivity contribution in [2.45, 2.75) is 31.7 Å². The molecule has 5 nitrogen and oxygen atoms in total. The number of hydrogen-bond donors (Lipinski definition) is 0. The van der Waals surface area contributed by atoms with Crippen molar-refractivity contribution >= 4 is 32.5 Å². The van der Waals surface area contributed by atoms with Crippen molar-refractivity contribution in [3.05, 3.63) is 59.2 Å². The maximum atomic E-state index is 12.2. The van der Waals surface area contributed by atoms with Crippen LogP contribution < -0.4 is 9.64 Å². The molecular weight excluding hydrogens is 392 g/mol. The monoisotopic (exact) mass is 416 g/mol. The molecule has 4 rings (SSSR count). The predicted octanol–water partition coefficient (Wildman–Crippen LogP) is 3.59. The summed E-state index contributed by atoms with van der Waals surface area (Å²) in [5.74, 6) is 1.92. The van der Waals surface area contributed by atoms with E-state index in [0.717, 1.165) is 27.9 Å². The number of rotatable bonds is 4. The second kappa shape index (κ2) is 7.44. The molecule has 0 radical (unpaired) electrons. The molecule has 2 aliphatic heterocycles. The molecule has 2 heterocycles.